The summed E-state index contributed by atoms with van der Waals surface area (Å²) in [6.07, 6.45) is 3.57. The molecule has 2 aliphatic heterocycles. The summed E-state index contributed by atoms with van der Waals surface area (Å²) in [5.41, 5.74) is 5.56. The van der Waals surface area contributed by atoms with Crippen molar-refractivity contribution in [2.75, 3.05) is 37.9 Å². The standard InChI is InChI=1S/C29H38N4O5/c1-5-33(21-8-12-37-13-9-21)23-15-24-26(32-29(38-24)20-6-10-36-11-7-20)25(19(23)4)28(35)30-16-22-17(2)14-18(3)31-27(22)34/h14-15,20-21H,5-13,16H2,1-4H3,(H,30,35)(H,31,34). The highest BCUT2D eigenvalue weighted by Gasteiger charge is 2.29. The summed E-state index contributed by atoms with van der Waals surface area (Å²) in [6.45, 7) is 11.6. The van der Waals surface area contributed by atoms with Gasteiger partial charge in [0.15, 0.2) is 11.5 Å². The molecule has 38 heavy (non-hydrogen) atoms. The zero-order valence-corrected chi connectivity index (χ0v) is 22.8. The number of aryl methyl sites for hydroxylation is 2. The zero-order valence-electron chi connectivity index (χ0n) is 22.8. The highest BCUT2D eigenvalue weighted by molar-refractivity contribution is 6.07. The van der Waals surface area contributed by atoms with Crippen LogP contribution in [0.3, 0.4) is 0 Å². The van der Waals surface area contributed by atoms with Crippen molar-refractivity contribution in [2.45, 2.75) is 71.9 Å². The number of aromatic nitrogens is 2. The van der Waals surface area contributed by atoms with Crippen molar-refractivity contribution in [3.8, 4) is 0 Å². The third-order valence-electron chi connectivity index (χ3n) is 7.93. The smallest absolute Gasteiger partial charge is 0.254 e. The summed E-state index contributed by atoms with van der Waals surface area (Å²) in [5.74, 6) is 0.569. The largest absolute Gasteiger partial charge is 0.440 e. The number of rotatable bonds is 7. The molecular formula is C29H38N4O5. The first-order chi connectivity index (χ1) is 18.4. The molecule has 1 aromatic carbocycles. The van der Waals surface area contributed by atoms with Gasteiger partial charge in [-0.15, -0.1) is 0 Å². The van der Waals surface area contributed by atoms with Crippen molar-refractivity contribution in [1.82, 2.24) is 15.3 Å². The van der Waals surface area contributed by atoms with E-state index < -0.39 is 0 Å². The van der Waals surface area contributed by atoms with Crippen molar-refractivity contribution in [2.24, 2.45) is 0 Å². The van der Waals surface area contributed by atoms with Crippen molar-refractivity contribution in [3.05, 3.63) is 56.3 Å². The Morgan fingerprint density at radius 2 is 1.76 bits per heavy atom. The number of hydrogen-bond donors (Lipinski definition) is 2. The number of ether oxygens (including phenoxy) is 2. The predicted molar refractivity (Wildman–Crippen MR) is 146 cm³/mol. The lowest BCUT2D eigenvalue weighted by atomic mass is 9.99. The first-order valence-electron chi connectivity index (χ1n) is 13.7. The van der Waals surface area contributed by atoms with Gasteiger partial charge in [-0.05, 0) is 70.6 Å². The number of carbonyl (C=O) groups is 1. The van der Waals surface area contributed by atoms with Gasteiger partial charge in [-0.25, -0.2) is 4.98 Å². The molecule has 0 radical (unpaired) electrons. The Hall–Kier alpha value is -3.17. The fourth-order valence-electron chi connectivity index (χ4n) is 5.84. The summed E-state index contributed by atoms with van der Waals surface area (Å²) in [5, 5.41) is 3.00. The number of amides is 1. The van der Waals surface area contributed by atoms with E-state index in [4.69, 9.17) is 18.9 Å². The van der Waals surface area contributed by atoms with Crippen LogP contribution in [0.1, 0.15) is 77.2 Å². The number of fused-ring (bicyclic) bond motifs is 1. The van der Waals surface area contributed by atoms with E-state index >= 15 is 0 Å². The molecule has 204 valence electrons. The molecule has 0 aliphatic carbocycles. The van der Waals surface area contributed by atoms with Crippen molar-refractivity contribution in [3.63, 3.8) is 0 Å². The molecule has 9 nitrogen and oxygen atoms in total. The van der Waals surface area contributed by atoms with Crippen molar-refractivity contribution < 1.29 is 18.7 Å². The average molecular weight is 523 g/mol. The molecule has 0 saturated carbocycles. The van der Waals surface area contributed by atoms with Gasteiger partial charge in [0, 0.05) is 74.5 Å². The van der Waals surface area contributed by atoms with E-state index in [1.165, 1.54) is 0 Å². The molecule has 2 fully saturated rings. The zero-order chi connectivity index (χ0) is 26.8. The van der Waals surface area contributed by atoms with E-state index in [-0.39, 0.29) is 23.9 Å². The SMILES string of the molecule is CCN(c1cc2oc(C3CCOCC3)nc2c(C(=O)NCc2c(C)cc(C)[nH]c2=O)c1C)C1CCOCC1. The lowest BCUT2D eigenvalue weighted by Gasteiger charge is -2.36. The number of carbonyl (C=O) groups excluding carboxylic acids is 1. The Kier molecular flexibility index (Phi) is 7.85. The van der Waals surface area contributed by atoms with Gasteiger partial charge in [-0.1, -0.05) is 0 Å². The molecule has 0 atom stereocenters. The summed E-state index contributed by atoms with van der Waals surface area (Å²) >= 11 is 0. The van der Waals surface area contributed by atoms with Crippen LogP contribution in [0, 0.1) is 20.8 Å². The number of oxazole rings is 1. The Balaban J connectivity index is 1.55. The molecule has 2 saturated heterocycles. The molecule has 2 aliphatic rings. The van der Waals surface area contributed by atoms with E-state index in [9.17, 15) is 9.59 Å². The number of benzene rings is 1. The van der Waals surface area contributed by atoms with Gasteiger partial charge in [0.25, 0.3) is 11.5 Å². The Labute approximate surface area is 222 Å². The van der Waals surface area contributed by atoms with Gasteiger partial charge < -0.3 is 29.1 Å². The predicted octanol–water partition coefficient (Wildman–Crippen LogP) is 4.27. The number of hydrogen-bond acceptors (Lipinski definition) is 7. The van der Waals surface area contributed by atoms with Crippen molar-refractivity contribution in [1.29, 1.82) is 0 Å². The monoisotopic (exact) mass is 522 g/mol. The molecule has 1 amide bonds. The van der Waals surface area contributed by atoms with Crippen LogP contribution in [0.5, 0.6) is 0 Å². The summed E-state index contributed by atoms with van der Waals surface area (Å²) in [7, 11) is 0. The number of nitrogens with one attached hydrogen (secondary N) is 2. The summed E-state index contributed by atoms with van der Waals surface area (Å²) < 4.78 is 17.5. The molecule has 5 rings (SSSR count). The number of pyridine rings is 1. The van der Waals surface area contributed by atoms with Crippen LogP contribution in [0.15, 0.2) is 21.3 Å². The Morgan fingerprint density at radius 3 is 2.42 bits per heavy atom. The minimum absolute atomic E-state index is 0.133. The Morgan fingerprint density at radius 1 is 1.08 bits per heavy atom. The first kappa shape index (κ1) is 26.4. The molecule has 0 unspecified atom stereocenters. The molecule has 2 N–H and O–H groups in total. The number of anilines is 1. The van der Waals surface area contributed by atoms with Crippen LogP contribution in [0.4, 0.5) is 5.69 Å². The van der Waals surface area contributed by atoms with Crippen LogP contribution in [0.25, 0.3) is 11.1 Å². The molecular weight excluding hydrogens is 484 g/mol. The van der Waals surface area contributed by atoms with Gasteiger partial charge in [0.2, 0.25) is 0 Å². The number of aromatic amines is 1. The summed E-state index contributed by atoms with van der Waals surface area (Å²) in [6, 6.07) is 4.29. The molecule has 0 bridgehead atoms. The minimum Gasteiger partial charge on any atom is -0.440 e. The van der Waals surface area contributed by atoms with E-state index in [1.807, 2.05) is 32.9 Å². The van der Waals surface area contributed by atoms with Gasteiger partial charge in [-0.2, -0.15) is 0 Å². The van der Waals surface area contributed by atoms with Gasteiger partial charge in [-0.3, -0.25) is 9.59 Å². The maximum atomic E-state index is 13.8. The van der Waals surface area contributed by atoms with Crippen LogP contribution in [-0.4, -0.2) is 54.9 Å². The highest BCUT2D eigenvalue weighted by atomic mass is 16.5. The maximum absolute atomic E-state index is 13.8. The van der Waals surface area contributed by atoms with E-state index in [2.05, 4.69) is 22.1 Å². The minimum atomic E-state index is -0.261. The molecule has 9 heteroatoms. The van der Waals surface area contributed by atoms with E-state index in [1.54, 1.807) is 0 Å². The molecule has 3 aromatic rings. The van der Waals surface area contributed by atoms with Crippen LogP contribution in [0.2, 0.25) is 0 Å². The number of nitrogens with zero attached hydrogens (tertiary/aromatic N) is 2. The first-order valence-corrected chi connectivity index (χ1v) is 13.7. The van der Waals surface area contributed by atoms with Crippen LogP contribution >= 0.6 is 0 Å². The second-order valence-corrected chi connectivity index (χ2v) is 10.4. The molecule has 2 aromatic heterocycles. The second kappa shape index (κ2) is 11.3. The Bertz CT molecular complexity index is 1370. The van der Waals surface area contributed by atoms with Crippen molar-refractivity contribution >= 4 is 22.7 Å². The second-order valence-electron chi connectivity index (χ2n) is 10.4. The average Bonchev–Trinajstić information content (AvgIpc) is 3.33. The third kappa shape index (κ3) is 5.22. The van der Waals surface area contributed by atoms with Gasteiger partial charge >= 0.3 is 0 Å². The third-order valence-corrected chi connectivity index (χ3v) is 7.93. The van der Waals surface area contributed by atoms with Crippen LogP contribution < -0.4 is 15.8 Å². The highest BCUT2D eigenvalue weighted by Crippen LogP contribution is 2.37. The lowest BCUT2D eigenvalue weighted by molar-refractivity contribution is 0.0798. The van der Waals surface area contributed by atoms with E-state index in [0.29, 0.717) is 47.4 Å². The summed E-state index contributed by atoms with van der Waals surface area (Å²) in [4.78, 5) is 36.4. The van der Waals surface area contributed by atoms with E-state index in [0.717, 1.165) is 68.0 Å². The van der Waals surface area contributed by atoms with Crippen LogP contribution in [-0.2, 0) is 16.0 Å². The van der Waals surface area contributed by atoms with Gasteiger partial charge in [0.1, 0.15) is 5.52 Å². The molecule has 4 heterocycles. The lowest BCUT2D eigenvalue weighted by Crippen LogP contribution is -2.40. The topological polar surface area (TPSA) is 110 Å². The molecule has 0 spiro atoms. The fourth-order valence-corrected chi connectivity index (χ4v) is 5.84. The van der Waals surface area contributed by atoms with Gasteiger partial charge in [0.05, 0.1) is 5.56 Å². The normalized spacial score (nSPS) is 17.2. The fraction of sp³-hybridized carbons (Fsp3) is 0.552. The quantitative estimate of drug-likeness (QED) is 0.477. The number of H-pyrrole nitrogens is 1. The maximum Gasteiger partial charge on any atom is 0.254 e.